The highest BCUT2D eigenvalue weighted by atomic mass is 16.3. The number of rotatable bonds is 2. The Morgan fingerprint density at radius 1 is 1.62 bits per heavy atom. The molecular weight excluding hydrogens is 168 g/mol. The van der Waals surface area contributed by atoms with Crippen molar-refractivity contribution < 1.29 is 4.42 Å². The Bertz CT molecular complexity index is 377. The molecule has 0 saturated heterocycles. The predicted octanol–water partition coefficient (Wildman–Crippen LogP) is 1.08. The van der Waals surface area contributed by atoms with Gasteiger partial charge in [-0.25, -0.2) is 4.98 Å². The molecule has 2 aromatic heterocycles. The molecule has 13 heavy (non-hydrogen) atoms. The fourth-order valence-corrected chi connectivity index (χ4v) is 0.994. The van der Waals surface area contributed by atoms with Crippen molar-refractivity contribution in [2.24, 2.45) is 5.73 Å². The van der Waals surface area contributed by atoms with E-state index in [0.717, 1.165) is 0 Å². The van der Waals surface area contributed by atoms with Crippen LogP contribution in [0.15, 0.2) is 22.8 Å². The third kappa shape index (κ3) is 1.46. The van der Waals surface area contributed by atoms with E-state index < -0.39 is 0 Å². The minimum absolute atomic E-state index is 0.142. The molecule has 0 amide bonds. The highest BCUT2D eigenvalue weighted by molar-refractivity contribution is 5.45. The maximum atomic E-state index is 5.62. The largest absolute Gasteiger partial charge is 0.461 e. The summed E-state index contributed by atoms with van der Waals surface area (Å²) in [6, 6.07) is 3.45. The first-order chi connectivity index (χ1) is 6.27. The normalized spacial score (nSPS) is 13.1. The van der Waals surface area contributed by atoms with E-state index in [0.29, 0.717) is 17.4 Å². The van der Waals surface area contributed by atoms with E-state index >= 15 is 0 Å². The zero-order valence-corrected chi connectivity index (χ0v) is 7.19. The van der Waals surface area contributed by atoms with Crippen molar-refractivity contribution in [2.45, 2.75) is 13.0 Å². The van der Waals surface area contributed by atoms with Gasteiger partial charge in [0.05, 0.1) is 12.3 Å². The van der Waals surface area contributed by atoms with Gasteiger partial charge in [0.2, 0.25) is 5.82 Å². The number of aromatic amines is 1. The average molecular weight is 178 g/mol. The van der Waals surface area contributed by atoms with Crippen molar-refractivity contribution in [3.05, 3.63) is 24.2 Å². The van der Waals surface area contributed by atoms with Crippen LogP contribution in [0, 0.1) is 0 Å². The Labute approximate surface area is 75.0 Å². The topological polar surface area (TPSA) is 80.7 Å². The SMILES string of the molecule is C[C@H](N)c1nc(-c2ccco2)n[nH]1. The summed E-state index contributed by atoms with van der Waals surface area (Å²) in [6.07, 6.45) is 1.58. The Morgan fingerprint density at radius 2 is 2.46 bits per heavy atom. The van der Waals surface area contributed by atoms with Crippen molar-refractivity contribution in [1.29, 1.82) is 0 Å². The van der Waals surface area contributed by atoms with Gasteiger partial charge in [0.25, 0.3) is 0 Å². The van der Waals surface area contributed by atoms with Gasteiger partial charge < -0.3 is 10.2 Å². The van der Waals surface area contributed by atoms with Crippen LogP contribution < -0.4 is 5.73 Å². The van der Waals surface area contributed by atoms with Gasteiger partial charge >= 0.3 is 0 Å². The second kappa shape index (κ2) is 3.02. The minimum Gasteiger partial charge on any atom is -0.461 e. The Morgan fingerprint density at radius 3 is 3.00 bits per heavy atom. The maximum absolute atomic E-state index is 5.62. The number of hydrogen-bond donors (Lipinski definition) is 2. The fraction of sp³-hybridized carbons (Fsp3) is 0.250. The highest BCUT2D eigenvalue weighted by Gasteiger charge is 2.09. The van der Waals surface area contributed by atoms with Gasteiger partial charge in [-0.05, 0) is 19.1 Å². The summed E-state index contributed by atoms with van der Waals surface area (Å²) in [5.41, 5.74) is 5.62. The summed E-state index contributed by atoms with van der Waals surface area (Å²) < 4.78 is 5.13. The van der Waals surface area contributed by atoms with E-state index in [4.69, 9.17) is 10.2 Å². The Hall–Kier alpha value is -1.62. The quantitative estimate of drug-likeness (QED) is 0.721. The number of furan rings is 1. The lowest BCUT2D eigenvalue weighted by Gasteiger charge is -1.95. The lowest BCUT2D eigenvalue weighted by atomic mass is 10.3. The standard InChI is InChI=1S/C8H10N4O/c1-5(9)7-10-8(12-11-7)6-3-2-4-13-6/h2-5H,9H2,1H3,(H,10,11,12)/t5-/m0/s1. The van der Waals surface area contributed by atoms with Crippen LogP contribution in [0.3, 0.4) is 0 Å². The molecule has 0 fully saturated rings. The third-order valence-corrected chi connectivity index (χ3v) is 1.68. The van der Waals surface area contributed by atoms with Gasteiger partial charge in [-0.1, -0.05) is 0 Å². The van der Waals surface area contributed by atoms with Gasteiger partial charge in [0, 0.05) is 0 Å². The number of nitrogens with two attached hydrogens (primary N) is 1. The summed E-state index contributed by atoms with van der Waals surface area (Å²) >= 11 is 0. The molecular formula is C8H10N4O. The first-order valence-electron chi connectivity index (χ1n) is 3.99. The molecule has 0 aliphatic rings. The van der Waals surface area contributed by atoms with E-state index in [-0.39, 0.29) is 6.04 Å². The lowest BCUT2D eigenvalue weighted by Crippen LogP contribution is -2.06. The van der Waals surface area contributed by atoms with E-state index in [1.54, 1.807) is 18.4 Å². The smallest absolute Gasteiger partial charge is 0.216 e. The van der Waals surface area contributed by atoms with Crippen LogP contribution in [0.5, 0.6) is 0 Å². The second-order valence-electron chi connectivity index (χ2n) is 2.81. The van der Waals surface area contributed by atoms with Crippen LogP contribution in [0.25, 0.3) is 11.6 Å². The van der Waals surface area contributed by atoms with Crippen molar-refractivity contribution in [1.82, 2.24) is 15.2 Å². The molecule has 1 atom stereocenters. The zero-order valence-electron chi connectivity index (χ0n) is 7.19. The monoisotopic (exact) mass is 178 g/mol. The molecule has 0 unspecified atom stereocenters. The average Bonchev–Trinajstić information content (AvgIpc) is 2.75. The van der Waals surface area contributed by atoms with Crippen LogP contribution >= 0.6 is 0 Å². The molecule has 0 radical (unpaired) electrons. The molecule has 5 nitrogen and oxygen atoms in total. The highest BCUT2D eigenvalue weighted by Crippen LogP contribution is 2.15. The maximum Gasteiger partial charge on any atom is 0.216 e. The van der Waals surface area contributed by atoms with E-state index in [9.17, 15) is 0 Å². The molecule has 2 aromatic rings. The van der Waals surface area contributed by atoms with Crippen molar-refractivity contribution in [3.63, 3.8) is 0 Å². The molecule has 0 saturated carbocycles. The molecule has 2 heterocycles. The van der Waals surface area contributed by atoms with Crippen LogP contribution in [-0.2, 0) is 0 Å². The summed E-state index contributed by atoms with van der Waals surface area (Å²) in [5.74, 6) is 1.84. The number of H-pyrrole nitrogens is 1. The van der Waals surface area contributed by atoms with Gasteiger partial charge in [-0.3, -0.25) is 5.10 Å². The van der Waals surface area contributed by atoms with E-state index in [2.05, 4.69) is 15.2 Å². The third-order valence-electron chi connectivity index (χ3n) is 1.68. The Kier molecular flexibility index (Phi) is 1.86. The van der Waals surface area contributed by atoms with Crippen molar-refractivity contribution in [2.75, 3.05) is 0 Å². The molecule has 5 heteroatoms. The molecule has 3 N–H and O–H groups in total. The zero-order chi connectivity index (χ0) is 9.26. The van der Waals surface area contributed by atoms with Crippen molar-refractivity contribution >= 4 is 0 Å². The molecule has 0 aromatic carbocycles. The summed E-state index contributed by atoms with van der Waals surface area (Å²) in [7, 11) is 0. The first kappa shape index (κ1) is 8.00. The second-order valence-corrected chi connectivity index (χ2v) is 2.81. The molecule has 68 valence electrons. The van der Waals surface area contributed by atoms with E-state index in [1.807, 2.05) is 6.92 Å². The van der Waals surface area contributed by atoms with Gasteiger partial charge in [0.15, 0.2) is 5.76 Å². The fourth-order valence-electron chi connectivity index (χ4n) is 0.994. The first-order valence-corrected chi connectivity index (χ1v) is 3.99. The lowest BCUT2D eigenvalue weighted by molar-refractivity contribution is 0.577. The number of aromatic nitrogens is 3. The number of nitrogens with zero attached hydrogens (tertiary/aromatic N) is 2. The summed E-state index contributed by atoms with van der Waals surface area (Å²) in [6.45, 7) is 1.84. The van der Waals surface area contributed by atoms with Gasteiger partial charge in [0.1, 0.15) is 5.82 Å². The van der Waals surface area contributed by atoms with E-state index in [1.165, 1.54) is 0 Å². The van der Waals surface area contributed by atoms with Crippen LogP contribution in [0.1, 0.15) is 18.8 Å². The van der Waals surface area contributed by atoms with Crippen LogP contribution in [0.4, 0.5) is 0 Å². The Balaban J connectivity index is 2.33. The summed E-state index contributed by atoms with van der Waals surface area (Å²) in [4.78, 5) is 4.17. The van der Waals surface area contributed by atoms with Crippen molar-refractivity contribution in [3.8, 4) is 11.6 Å². The molecule has 2 rings (SSSR count). The predicted molar refractivity (Wildman–Crippen MR) is 46.7 cm³/mol. The van der Waals surface area contributed by atoms with Crippen LogP contribution in [0.2, 0.25) is 0 Å². The minimum atomic E-state index is -0.142. The summed E-state index contributed by atoms with van der Waals surface area (Å²) in [5, 5.41) is 6.72. The molecule has 0 aliphatic carbocycles. The molecule has 0 bridgehead atoms. The van der Waals surface area contributed by atoms with Gasteiger partial charge in [-0.2, -0.15) is 0 Å². The number of hydrogen-bond acceptors (Lipinski definition) is 4. The molecule has 0 aliphatic heterocycles. The molecule has 0 spiro atoms. The van der Waals surface area contributed by atoms with Gasteiger partial charge in [-0.15, -0.1) is 5.10 Å². The number of nitrogens with one attached hydrogen (secondary N) is 1. The van der Waals surface area contributed by atoms with Crippen LogP contribution in [-0.4, -0.2) is 15.2 Å².